The van der Waals surface area contributed by atoms with E-state index in [-0.39, 0.29) is 5.56 Å². The van der Waals surface area contributed by atoms with Crippen molar-refractivity contribution in [3.8, 4) is 28.0 Å². The summed E-state index contributed by atoms with van der Waals surface area (Å²) in [6, 6.07) is 7.22. The standard InChI is InChI=1S/C18H13ClF2O3S2/c1-24-17-7-10(3-4-14(17)19)12-8-25-9-13(12)11-5-15(20)18(16(21)6-11)26(2,22)23/h3-9H,1-2H3. The number of benzene rings is 2. The van der Waals surface area contributed by atoms with E-state index in [1.165, 1.54) is 18.4 Å². The smallest absolute Gasteiger partial charge is 0.181 e. The average molecular weight is 415 g/mol. The lowest BCUT2D eigenvalue weighted by molar-refractivity contribution is 0.415. The molecule has 0 amide bonds. The van der Waals surface area contributed by atoms with Gasteiger partial charge in [0.15, 0.2) is 9.84 Å². The summed E-state index contributed by atoms with van der Waals surface area (Å²) in [5.41, 5.74) is 2.32. The Bertz CT molecular complexity index is 1070. The molecule has 0 aliphatic carbocycles. The number of thiophene rings is 1. The molecule has 0 atom stereocenters. The van der Waals surface area contributed by atoms with E-state index in [2.05, 4.69) is 0 Å². The van der Waals surface area contributed by atoms with E-state index in [0.29, 0.717) is 16.3 Å². The van der Waals surface area contributed by atoms with Crippen LogP contribution in [0.2, 0.25) is 5.02 Å². The molecule has 3 rings (SSSR count). The number of halogens is 3. The van der Waals surface area contributed by atoms with E-state index in [0.717, 1.165) is 29.5 Å². The maximum atomic E-state index is 14.3. The van der Waals surface area contributed by atoms with Crippen molar-refractivity contribution in [3.63, 3.8) is 0 Å². The van der Waals surface area contributed by atoms with Gasteiger partial charge in [0.2, 0.25) is 0 Å². The van der Waals surface area contributed by atoms with Crippen molar-refractivity contribution in [1.82, 2.24) is 0 Å². The first-order chi connectivity index (χ1) is 12.2. The number of methoxy groups -OCH3 is 1. The topological polar surface area (TPSA) is 43.4 Å². The van der Waals surface area contributed by atoms with Gasteiger partial charge in [0, 0.05) is 17.4 Å². The van der Waals surface area contributed by atoms with Gasteiger partial charge >= 0.3 is 0 Å². The Kier molecular flexibility index (Phi) is 5.05. The zero-order valence-corrected chi connectivity index (χ0v) is 16.1. The minimum Gasteiger partial charge on any atom is -0.495 e. The summed E-state index contributed by atoms with van der Waals surface area (Å²) in [6.07, 6.45) is 0.768. The van der Waals surface area contributed by atoms with Gasteiger partial charge in [-0.25, -0.2) is 17.2 Å². The van der Waals surface area contributed by atoms with Gasteiger partial charge in [-0.3, -0.25) is 0 Å². The van der Waals surface area contributed by atoms with Gasteiger partial charge in [0.05, 0.1) is 12.1 Å². The second-order valence-electron chi connectivity index (χ2n) is 5.59. The van der Waals surface area contributed by atoms with Gasteiger partial charge in [0.25, 0.3) is 0 Å². The van der Waals surface area contributed by atoms with Gasteiger partial charge < -0.3 is 4.74 Å². The van der Waals surface area contributed by atoms with E-state index in [1.807, 2.05) is 5.38 Å². The highest BCUT2D eigenvalue weighted by Crippen LogP contribution is 2.39. The monoisotopic (exact) mass is 414 g/mol. The Morgan fingerprint density at radius 1 is 1.00 bits per heavy atom. The summed E-state index contributed by atoms with van der Waals surface area (Å²) in [5.74, 6) is -1.76. The maximum absolute atomic E-state index is 14.3. The molecular weight excluding hydrogens is 402 g/mol. The Hall–Kier alpha value is -1.96. The van der Waals surface area contributed by atoms with Crippen LogP contribution in [0.5, 0.6) is 5.75 Å². The summed E-state index contributed by atoms with van der Waals surface area (Å²) in [6.45, 7) is 0. The molecule has 3 aromatic rings. The predicted octanol–water partition coefficient (Wildman–Crippen LogP) is 5.43. The molecule has 2 aromatic carbocycles. The lowest BCUT2D eigenvalue weighted by atomic mass is 9.99. The van der Waals surface area contributed by atoms with E-state index >= 15 is 0 Å². The first-order valence-corrected chi connectivity index (χ1v) is 10.5. The van der Waals surface area contributed by atoms with Crippen LogP contribution in [0.3, 0.4) is 0 Å². The third-order valence-corrected chi connectivity index (χ3v) is 5.99. The molecule has 1 aromatic heterocycles. The summed E-state index contributed by atoms with van der Waals surface area (Å²) in [7, 11) is -2.51. The molecule has 0 bridgehead atoms. The summed E-state index contributed by atoms with van der Waals surface area (Å²) in [5, 5.41) is 4.02. The Balaban J connectivity index is 2.16. The second-order valence-corrected chi connectivity index (χ2v) is 8.69. The second kappa shape index (κ2) is 6.98. The van der Waals surface area contributed by atoms with Gasteiger partial charge in [-0.05, 0) is 46.2 Å². The highest BCUT2D eigenvalue weighted by molar-refractivity contribution is 7.90. The van der Waals surface area contributed by atoms with Gasteiger partial charge in [-0.15, -0.1) is 0 Å². The van der Waals surface area contributed by atoms with E-state index < -0.39 is 26.4 Å². The zero-order valence-electron chi connectivity index (χ0n) is 13.7. The SMILES string of the molecule is COc1cc(-c2cscc2-c2cc(F)c(S(C)(=O)=O)c(F)c2)ccc1Cl. The Labute approximate surface area is 158 Å². The number of sulfone groups is 1. The maximum Gasteiger partial charge on any atom is 0.181 e. The van der Waals surface area contributed by atoms with Crippen LogP contribution in [0.15, 0.2) is 46.0 Å². The van der Waals surface area contributed by atoms with Crippen molar-refractivity contribution in [3.05, 3.63) is 57.7 Å². The molecule has 3 nitrogen and oxygen atoms in total. The fourth-order valence-electron chi connectivity index (χ4n) is 2.64. The minimum atomic E-state index is -4.00. The fourth-order valence-corrected chi connectivity index (χ4v) is 4.53. The molecule has 0 radical (unpaired) electrons. The number of rotatable bonds is 4. The molecular formula is C18H13ClF2O3S2. The molecule has 26 heavy (non-hydrogen) atoms. The molecule has 0 aliphatic heterocycles. The number of hydrogen-bond donors (Lipinski definition) is 0. The lowest BCUT2D eigenvalue weighted by Crippen LogP contribution is -2.04. The van der Waals surface area contributed by atoms with Crippen LogP contribution in [0.25, 0.3) is 22.3 Å². The molecule has 1 heterocycles. The van der Waals surface area contributed by atoms with Gasteiger partial charge in [-0.2, -0.15) is 11.3 Å². The third kappa shape index (κ3) is 3.47. The number of ether oxygens (including phenoxy) is 1. The van der Waals surface area contributed by atoms with Crippen LogP contribution < -0.4 is 4.74 Å². The van der Waals surface area contributed by atoms with Crippen LogP contribution >= 0.6 is 22.9 Å². The Morgan fingerprint density at radius 2 is 1.58 bits per heavy atom. The molecule has 0 unspecified atom stereocenters. The van der Waals surface area contributed by atoms with Crippen molar-refractivity contribution >= 4 is 32.8 Å². The van der Waals surface area contributed by atoms with Crippen molar-refractivity contribution < 1.29 is 21.9 Å². The quantitative estimate of drug-likeness (QED) is 0.572. The van der Waals surface area contributed by atoms with Crippen LogP contribution in [-0.2, 0) is 9.84 Å². The molecule has 0 aliphatic rings. The highest BCUT2D eigenvalue weighted by Gasteiger charge is 2.22. The highest BCUT2D eigenvalue weighted by atomic mass is 35.5. The minimum absolute atomic E-state index is 0.248. The van der Waals surface area contributed by atoms with Gasteiger partial charge in [-0.1, -0.05) is 17.7 Å². The summed E-state index contributed by atoms with van der Waals surface area (Å²) in [4.78, 5) is -0.925. The van der Waals surface area contributed by atoms with Crippen molar-refractivity contribution in [2.75, 3.05) is 13.4 Å². The zero-order chi connectivity index (χ0) is 19.1. The van der Waals surface area contributed by atoms with E-state index in [4.69, 9.17) is 16.3 Å². The molecule has 136 valence electrons. The van der Waals surface area contributed by atoms with Crippen LogP contribution in [0.1, 0.15) is 0 Å². The largest absolute Gasteiger partial charge is 0.495 e. The van der Waals surface area contributed by atoms with Gasteiger partial charge in [0.1, 0.15) is 22.3 Å². The van der Waals surface area contributed by atoms with E-state index in [9.17, 15) is 17.2 Å². The average Bonchev–Trinajstić information content (AvgIpc) is 3.03. The first-order valence-electron chi connectivity index (χ1n) is 7.32. The number of hydrogen-bond acceptors (Lipinski definition) is 4. The van der Waals surface area contributed by atoms with Crippen molar-refractivity contribution in [2.24, 2.45) is 0 Å². The molecule has 0 saturated heterocycles. The molecule has 0 N–H and O–H groups in total. The Morgan fingerprint density at radius 3 is 2.12 bits per heavy atom. The molecule has 0 fully saturated rings. The van der Waals surface area contributed by atoms with E-state index in [1.54, 1.807) is 23.6 Å². The lowest BCUT2D eigenvalue weighted by Gasteiger charge is -2.10. The summed E-state index contributed by atoms with van der Waals surface area (Å²) >= 11 is 7.40. The fraction of sp³-hybridized carbons (Fsp3) is 0.111. The van der Waals surface area contributed by atoms with Crippen molar-refractivity contribution in [1.29, 1.82) is 0 Å². The van der Waals surface area contributed by atoms with Crippen LogP contribution in [-0.4, -0.2) is 21.8 Å². The first kappa shape index (κ1) is 18.8. The van der Waals surface area contributed by atoms with Crippen LogP contribution in [0.4, 0.5) is 8.78 Å². The van der Waals surface area contributed by atoms with Crippen LogP contribution in [0, 0.1) is 11.6 Å². The normalized spacial score (nSPS) is 11.6. The van der Waals surface area contributed by atoms with Crippen molar-refractivity contribution in [2.45, 2.75) is 4.90 Å². The predicted molar refractivity (Wildman–Crippen MR) is 99.8 cm³/mol. The third-order valence-electron chi connectivity index (χ3n) is 3.80. The molecule has 0 saturated carbocycles. The molecule has 8 heteroatoms. The summed E-state index contributed by atoms with van der Waals surface area (Å²) < 4.78 is 56.8. The molecule has 0 spiro atoms.